The van der Waals surface area contributed by atoms with Crippen molar-refractivity contribution in [2.75, 3.05) is 19.6 Å². The van der Waals surface area contributed by atoms with E-state index in [-0.39, 0.29) is 0 Å². The van der Waals surface area contributed by atoms with Crippen LogP contribution in [0, 0.1) is 0 Å². The number of hydrogen-bond donors (Lipinski definition) is 1. The van der Waals surface area contributed by atoms with Gasteiger partial charge in [0.2, 0.25) is 0 Å². The highest BCUT2D eigenvalue weighted by Gasteiger charge is 2.27. The zero-order valence-corrected chi connectivity index (χ0v) is 11.1. The molecule has 1 aliphatic carbocycles. The molecule has 1 aromatic rings. The zero-order chi connectivity index (χ0) is 12.2. The van der Waals surface area contributed by atoms with Gasteiger partial charge in [-0.1, -0.05) is 36.8 Å². The van der Waals surface area contributed by atoms with Crippen LogP contribution in [0.5, 0.6) is 0 Å². The van der Waals surface area contributed by atoms with Crippen LogP contribution in [0.25, 0.3) is 0 Å². The Labute approximate surface area is 110 Å². The molecule has 1 saturated carbocycles. The molecule has 1 atom stereocenters. The third-order valence-corrected chi connectivity index (χ3v) is 4.43. The molecule has 18 heavy (non-hydrogen) atoms. The number of nitrogens with one attached hydrogen (secondary N) is 1. The molecule has 2 aliphatic rings. The molecule has 0 spiro atoms. The van der Waals surface area contributed by atoms with Crippen molar-refractivity contribution < 1.29 is 0 Å². The van der Waals surface area contributed by atoms with Crippen molar-refractivity contribution in [2.24, 2.45) is 0 Å². The molecule has 1 unspecified atom stereocenters. The number of nitrogens with zero attached hydrogens (tertiary/aromatic N) is 1. The summed E-state index contributed by atoms with van der Waals surface area (Å²) in [5.41, 5.74) is 1.46. The van der Waals surface area contributed by atoms with Gasteiger partial charge in [-0.05, 0) is 44.3 Å². The van der Waals surface area contributed by atoms with E-state index in [4.69, 9.17) is 0 Å². The molecule has 2 nitrogen and oxygen atoms in total. The van der Waals surface area contributed by atoms with Crippen LogP contribution in [0.1, 0.15) is 31.2 Å². The minimum absolute atomic E-state index is 0.635. The largest absolute Gasteiger partial charge is 0.312 e. The van der Waals surface area contributed by atoms with Gasteiger partial charge in [0.15, 0.2) is 0 Å². The Morgan fingerprint density at radius 3 is 2.67 bits per heavy atom. The van der Waals surface area contributed by atoms with Gasteiger partial charge in [-0.25, -0.2) is 0 Å². The van der Waals surface area contributed by atoms with Gasteiger partial charge in [0, 0.05) is 18.6 Å². The summed E-state index contributed by atoms with van der Waals surface area (Å²) in [5.74, 6) is 0. The van der Waals surface area contributed by atoms with Crippen molar-refractivity contribution in [3.8, 4) is 0 Å². The molecule has 1 N–H and O–H groups in total. The Bertz CT molecular complexity index is 359. The molecule has 0 radical (unpaired) electrons. The summed E-state index contributed by atoms with van der Waals surface area (Å²) < 4.78 is 0. The van der Waals surface area contributed by atoms with E-state index in [2.05, 4.69) is 40.5 Å². The van der Waals surface area contributed by atoms with Gasteiger partial charge in [-0.2, -0.15) is 0 Å². The Kier molecular flexibility index (Phi) is 3.96. The molecule has 0 bridgehead atoms. The van der Waals surface area contributed by atoms with Gasteiger partial charge < -0.3 is 5.32 Å². The maximum absolute atomic E-state index is 3.72. The smallest absolute Gasteiger partial charge is 0.0235 e. The van der Waals surface area contributed by atoms with E-state index in [0.717, 1.165) is 6.04 Å². The van der Waals surface area contributed by atoms with Crippen LogP contribution in [-0.4, -0.2) is 36.6 Å². The minimum Gasteiger partial charge on any atom is -0.312 e. The van der Waals surface area contributed by atoms with Gasteiger partial charge in [0.05, 0.1) is 0 Å². The molecule has 3 rings (SSSR count). The van der Waals surface area contributed by atoms with Gasteiger partial charge in [0.1, 0.15) is 0 Å². The SMILES string of the molecule is c1ccc(CC2CN(C3CCC3)CCCN2)cc1. The highest BCUT2D eigenvalue weighted by molar-refractivity contribution is 5.16. The van der Waals surface area contributed by atoms with Crippen molar-refractivity contribution in [2.45, 2.75) is 44.2 Å². The Balaban J connectivity index is 1.60. The molecule has 2 fully saturated rings. The summed E-state index contributed by atoms with van der Waals surface area (Å²) in [6.45, 7) is 3.71. The normalized spacial score (nSPS) is 26.6. The Hall–Kier alpha value is -0.860. The maximum atomic E-state index is 3.72. The zero-order valence-electron chi connectivity index (χ0n) is 11.1. The molecule has 98 valence electrons. The lowest BCUT2D eigenvalue weighted by Gasteiger charge is -2.38. The molecular formula is C16H24N2. The average molecular weight is 244 g/mol. The van der Waals surface area contributed by atoms with Crippen molar-refractivity contribution in [3.63, 3.8) is 0 Å². The fourth-order valence-electron chi connectivity index (χ4n) is 3.15. The average Bonchev–Trinajstić information content (AvgIpc) is 2.54. The highest BCUT2D eigenvalue weighted by atomic mass is 15.2. The third kappa shape index (κ3) is 2.93. The molecule has 2 heteroatoms. The van der Waals surface area contributed by atoms with Crippen LogP contribution in [0.4, 0.5) is 0 Å². The highest BCUT2D eigenvalue weighted by Crippen LogP contribution is 2.25. The van der Waals surface area contributed by atoms with Crippen LogP contribution in [0.3, 0.4) is 0 Å². The van der Waals surface area contributed by atoms with Crippen molar-refractivity contribution in [1.82, 2.24) is 10.2 Å². The minimum atomic E-state index is 0.635. The molecule has 1 aliphatic heterocycles. The fraction of sp³-hybridized carbons (Fsp3) is 0.625. The van der Waals surface area contributed by atoms with Crippen molar-refractivity contribution >= 4 is 0 Å². The second-order valence-corrected chi connectivity index (χ2v) is 5.77. The summed E-state index contributed by atoms with van der Waals surface area (Å²) in [5, 5.41) is 3.72. The first-order valence-corrected chi connectivity index (χ1v) is 7.43. The monoisotopic (exact) mass is 244 g/mol. The number of hydrogen-bond acceptors (Lipinski definition) is 2. The third-order valence-electron chi connectivity index (χ3n) is 4.43. The van der Waals surface area contributed by atoms with E-state index < -0.39 is 0 Å². The lowest BCUT2D eigenvalue weighted by molar-refractivity contribution is 0.125. The predicted molar refractivity (Wildman–Crippen MR) is 75.8 cm³/mol. The maximum Gasteiger partial charge on any atom is 0.0235 e. The fourth-order valence-corrected chi connectivity index (χ4v) is 3.15. The van der Waals surface area contributed by atoms with E-state index in [1.807, 2.05) is 0 Å². The number of rotatable bonds is 3. The van der Waals surface area contributed by atoms with Gasteiger partial charge >= 0.3 is 0 Å². The van der Waals surface area contributed by atoms with E-state index in [1.54, 1.807) is 0 Å². The second kappa shape index (κ2) is 5.85. The first-order valence-electron chi connectivity index (χ1n) is 7.43. The summed E-state index contributed by atoms with van der Waals surface area (Å²) in [7, 11) is 0. The Morgan fingerprint density at radius 2 is 1.94 bits per heavy atom. The van der Waals surface area contributed by atoms with Crippen LogP contribution < -0.4 is 5.32 Å². The summed E-state index contributed by atoms with van der Waals surface area (Å²) in [6.07, 6.45) is 6.78. The first kappa shape index (κ1) is 12.2. The van der Waals surface area contributed by atoms with E-state index in [1.165, 1.54) is 57.3 Å². The quantitative estimate of drug-likeness (QED) is 0.878. The summed E-state index contributed by atoms with van der Waals surface area (Å²) >= 11 is 0. The second-order valence-electron chi connectivity index (χ2n) is 5.77. The molecule has 1 aromatic carbocycles. The molecule has 0 amide bonds. The van der Waals surface area contributed by atoms with E-state index >= 15 is 0 Å². The van der Waals surface area contributed by atoms with Crippen LogP contribution in [0.15, 0.2) is 30.3 Å². The lowest BCUT2D eigenvalue weighted by atomic mass is 9.91. The van der Waals surface area contributed by atoms with E-state index in [0.29, 0.717) is 6.04 Å². The van der Waals surface area contributed by atoms with Crippen molar-refractivity contribution in [1.29, 1.82) is 0 Å². The van der Waals surface area contributed by atoms with Crippen LogP contribution >= 0.6 is 0 Å². The van der Waals surface area contributed by atoms with Crippen LogP contribution in [0.2, 0.25) is 0 Å². The van der Waals surface area contributed by atoms with E-state index in [9.17, 15) is 0 Å². The summed E-state index contributed by atoms with van der Waals surface area (Å²) in [6, 6.07) is 12.4. The van der Waals surface area contributed by atoms with Gasteiger partial charge in [-0.15, -0.1) is 0 Å². The van der Waals surface area contributed by atoms with Crippen LogP contribution in [-0.2, 0) is 6.42 Å². The lowest BCUT2D eigenvalue weighted by Crippen LogP contribution is -2.46. The van der Waals surface area contributed by atoms with Crippen molar-refractivity contribution in [3.05, 3.63) is 35.9 Å². The molecule has 1 saturated heterocycles. The van der Waals surface area contributed by atoms with Gasteiger partial charge in [-0.3, -0.25) is 4.90 Å². The molecule has 1 heterocycles. The summed E-state index contributed by atoms with van der Waals surface area (Å²) in [4.78, 5) is 2.73. The molecular weight excluding hydrogens is 220 g/mol. The van der Waals surface area contributed by atoms with Gasteiger partial charge in [0.25, 0.3) is 0 Å². The first-order chi connectivity index (χ1) is 8.92. The number of benzene rings is 1. The predicted octanol–water partition coefficient (Wildman–Crippen LogP) is 2.45. The molecule has 0 aromatic heterocycles. The topological polar surface area (TPSA) is 15.3 Å². The standard InChI is InChI=1S/C16H24N2/c1-2-6-14(7-3-1)12-15-13-18(11-5-10-17-15)16-8-4-9-16/h1-3,6-7,15-17H,4-5,8-13H2. The Morgan fingerprint density at radius 1 is 1.11 bits per heavy atom.